The summed E-state index contributed by atoms with van der Waals surface area (Å²) >= 11 is 0. The number of hydrogen-bond acceptors (Lipinski definition) is 3. The lowest BCUT2D eigenvalue weighted by Gasteiger charge is -2.28. The average Bonchev–Trinajstić information content (AvgIpc) is 2.87. The summed E-state index contributed by atoms with van der Waals surface area (Å²) in [5.41, 5.74) is 4.34. The van der Waals surface area contributed by atoms with Gasteiger partial charge in [-0.05, 0) is 38.7 Å². The van der Waals surface area contributed by atoms with Crippen molar-refractivity contribution >= 4 is 16.8 Å². The zero-order valence-electron chi connectivity index (χ0n) is 12.6. The van der Waals surface area contributed by atoms with Crippen molar-refractivity contribution in [2.24, 2.45) is 0 Å². The predicted octanol–water partition coefficient (Wildman–Crippen LogP) is 4.47. The van der Waals surface area contributed by atoms with Crippen LogP contribution in [-0.2, 0) is 6.42 Å². The molecule has 2 aromatic rings. The zero-order valence-corrected chi connectivity index (χ0v) is 12.6. The van der Waals surface area contributed by atoms with Crippen LogP contribution in [0.4, 0.5) is 5.69 Å². The van der Waals surface area contributed by atoms with Gasteiger partial charge in [-0.25, -0.2) is 4.98 Å². The second-order valence-electron chi connectivity index (χ2n) is 5.86. The molecule has 0 amide bonds. The second-order valence-corrected chi connectivity index (χ2v) is 5.86. The Hall–Kier alpha value is -1.51. The van der Waals surface area contributed by atoms with Gasteiger partial charge in [0.1, 0.15) is 11.3 Å². The summed E-state index contributed by atoms with van der Waals surface area (Å²) in [7, 11) is 0. The van der Waals surface area contributed by atoms with Crippen LogP contribution < -0.4 is 4.90 Å². The number of piperidine rings is 1. The van der Waals surface area contributed by atoms with Crippen LogP contribution in [0, 0.1) is 6.92 Å². The van der Waals surface area contributed by atoms with Crippen molar-refractivity contribution < 1.29 is 4.42 Å². The van der Waals surface area contributed by atoms with Crippen LogP contribution in [0.15, 0.2) is 16.5 Å². The topological polar surface area (TPSA) is 29.3 Å². The third kappa shape index (κ3) is 2.67. The molecular formula is C17H24N2O. The van der Waals surface area contributed by atoms with Crippen LogP contribution in [0.3, 0.4) is 0 Å². The highest BCUT2D eigenvalue weighted by Gasteiger charge is 2.18. The van der Waals surface area contributed by atoms with E-state index in [-0.39, 0.29) is 0 Å². The molecule has 3 rings (SSSR count). The first-order valence-electron chi connectivity index (χ1n) is 7.93. The minimum Gasteiger partial charge on any atom is -0.457 e. The van der Waals surface area contributed by atoms with E-state index in [1.807, 2.05) is 0 Å². The number of anilines is 1. The van der Waals surface area contributed by atoms with Crippen LogP contribution in [0.2, 0.25) is 0 Å². The van der Waals surface area contributed by atoms with Crippen LogP contribution in [0.1, 0.15) is 50.5 Å². The molecule has 0 saturated carbocycles. The smallest absolute Gasteiger partial charge is 0.175 e. The van der Waals surface area contributed by atoms with Gasteiger partial charge in [0, 0.05) is 31.3 Å². The first-order valence-corrected chi connectivity index (χ1v) is 7.93. The lowest BCUT2D eigenvalue weighted by Crippen LogP contribution is -2.29. The quantitative estimate of drug-likeness (QED) is 0.822. The molecule has 1 aliphatic heterocycles. The van der Waals surface area contributed by atoms with E-state index in [0.717, 1.165) is 42.1 Å². The van der Waals surface area contributed by atoms with Crippen molar-refractivity contribution in [3.8, 4) is 0 Å². The molecule has 0 aliphatic carbocycles. The lowest BCUT2D eigenvalue weighted by atomic mass is 10.1. The van der Waals surface area contributed by atoms with Crippen LogP contribution in [0.5, 0.6) is 0 Å². The minimum absolute atomic E-state index is 0.989. The van der Waals surface area contributed by atoms with Crippen molar-refractivity contribution in [2.45, 2.75) is 52.4 Å². The summed E-state index contributed by atoms with van der Waals surface area (Å²) in [5, 5.41) is 0. The van der Waals surface area contributed by atoms with Gasteiger partial charge in [0.15, 0.2) is 5.58 Å². The number of aromatic nitrogens is 1. The Morgan fingerprint density at radius 1 is 1.20 bits per heavy atom. The molecule has 0 N–H and O–H groups in total. The van der Waals surface area contributed by atoms with Crippen molar-refractivity contribution in [2.75, 3.05) is 18.0 Å². The molecule has 0 radical (unpaired) electrons. The first kappa shape index (κ1) is 13.5. The standard InChI is InChI=1S/C17H24N2O/c1-3-4-8-14-12-15-17(20-14)16(11-13(2)18-15)19-9-6-5-7-10-19/h11-12H,3-10H2,1-2H3. The molecule has 0 unspecified atom stereocenters. The Labute approximate surface area is 121 Å². The summed E-state index contributed by atoms with van der Waals surface area (Å²) in [5.74, 6) is 1.08. The number of unbranched alkanes of at least 4 members (excludes halogenated alkanes) is 1. The fourth-order valence-corrected chi connectivity index (χ4v) is 3.03. The Morgan fingerprint density at radius 2 is 2.00 bits per heavy atom. The van der Waals surface area contributed by atoms with Gasteiger partial charge < -0.3 is 9.32 Å². The molecule has 2 aromatic heterocycles. The molecule has 1 saturated heterocycles. The summed E-state index contributed by atoms with van der Waals surface area (Å²) in [6.45, 7) is 6.57. The Morgan fingerprint density at radius 3 is 2.75 bits per heavy atom. The van der Waals surface area contributed by atoms with Gasteiger partial charge in [0.25, 0.3) is 0 Å². The highest BCUT2D eigenvalue weighted by atomic mass is 16.3. The maximum atomic E-state index is 6.11. The summed E-state index contributed by atoms with van der Waals surface area (Å²) in [6.07, 6.45) is 7.31. The average molecular weight is 272 g/mol. The Bertz CT molecular complexity index is 582. The Kier molecular flexibility index (Phi) is 3.95. The maximum Gasteiger partial charge on any atom is 0.175 e. The second kappa shape index (κ2) is 5.86. The van der Waals surface area contributed by atoms with Crippen LogP contribution >= 0.6 is 0 Å². The van der Waals surface area contributed by atoms with Gasteiger partial charge in [-0.1, -0.05) is 13.3 Å². The lowest BCUT2D eigenvalue weighted by molar-refractivity contribution is 0.530. The third-order valence-corrected chi connectivity index (χ3v) is 4.11. The van der Waals surface area contributed by atoms with Crippen molar-refractivity contribution in [1.82, 2.24) is 4.98 Å². The number of furan rings is 1. The number of aryl methyl sites for hydroxylation is 2. The fraction of sp³-hybridized carbons (Fsp3) is 0.588. The number of rotatable bonds is 4. The minimum atomic E-state index is 0.989. The van der Waals surface area contributed by atoms with Crippen molar-refractivity contribution in [1.29, 1.82) is 0 Å². The normalized spacial score (nSPS) is 16.0. The van der Waals surface area contributed by atoms with Gasteiger partial charge >= 0.3 is 0 Å². The molecular weight excluding hydrogens is 248 g/mol. The van der Waals surface area contributed by atoms with Gasteiger partial charge in [-0.3, -0.25) is 0 Å². The summed E-state index contributed by atoms with van der Waals surface area (Å²) in [6, 6.07) is 4.31. The van der Waals surface area contributed by atoms with E-state index in [1.165, 1.54) is 37.8 Å². The number of pyridine rings is 1. The van der Waals surface area contributed by atoms with Gasteiger partial charge in [-0.15, -0.1) is 0 Å². The van der Waals surface area contributed by atoms with Crippen molar-refractivity contribution in [3.63, 3.8) is 0 Å². The van der Waals surface area contributed by atoms with E-state index in [0.29, 0.717) is 0 Å². The molecule has 1 aliphatic rings. The van der Waals surface area contributed by atoms with Crippen molar-refractivity contribution in [3.05, 3.63) is 23.6 Å². The van der Waals surface area contributed by atoms with E-state index >= 15 is 0 Å². The Balaban J connectivity index is 1.98. The molecule has 0 bridgehead atoms. The molecule has 108 valence electrons. The first-order chi connectivity index (χ1) is 9.78. The zero-order chi connectivity index (χ0) is 13.9. The highest BCUT2D eigenvalue weighted by molar-refractivity contribution is 5.87. The molecule has 0 spiro atoms. The van der Waals surface area contributed by atoms with Gasteiger partial charge in [0.2, 0.25) is 0 Å². The van der Waals surface area contributed by atoms with E-state index in [2.05, 4.69) is 35.9 Å². The van der Waals surface area contributed by atoms with E-state index in [1.54, 1.807) is 0 Å². The van der Waals surface area contributed by atoms with E-state index in [9.17, 15) is 0 Å². The molecule has 3 heterocycles. The highest BCUT2D eigenvalue weighted by Crippen LogP contribution is 2.31. The maximum absolute atomic E-state index is 6.11. The molecule has 0 aromatic carbocycles. The predicted molar refractivity (Wildman–Crippen MR) is 83.4 cm³/mol. The van der Waals surface area contributed by atoms with Gasteiger partial charge in [-0.2, -0.15) is 0 Å². The molecule has 1 fully saturated rings. The molecule has 0 atom stereocenters. The largest absolute Gasteiger partial charge is 0.457 e. The van der Waals surface area contributed by atoms with Crippen LogP contribution in [0.25, 0.3) is 11.1 Å². The third-order valence-electron chi connectivity index (χ3n) is 4.11. The summed E-state index contributed by atoms with van der Waals surface area (Å²) in [4.78, 5) is 7.11. The fourth-order valence-electron chi connectivity index (χ4n) is 3.03. The van der Waals surface area contributed by atoms with Crippen LogP contribution in [-0.4, -0.2) is 18.1 Å². The summed E-state index contributed by atoms with van der Waals surface area (Å²) < 4.78 is 6.11. The van der Waals surface area contributed by atoms with Gasteiger partial charge in [0.05, 0.1) is 5.69 Å². The molecule has 20 heavy (non-hydrogen) atoms. The van der Waals surface area contributed by atoms with E-state index < -0.39 is 0 Å². The van der Waals surface area contributed by atoms with E-state index in [4.69, 9.17) is 4.42 Å². The SMILES string of the molecule is CCCCc1cc2nc(C)cc(N3CCCCC3)c2o1. The number of hydrogen-bond donors (Lipinski definition) is 0. The number of fused-ring (bicyclic) bond motifs is 1. The molecule has 3 nitrogen and oxygen atoms in total. The monoisotopic (exact) mass is 272 g/mol. The molecule has 3 heteroatoms. The number of nitrogens with zero attached hydrogens (tertiary/aromatic N) is 2.